The molecule has 0 aromatic carbocycles. The molecule has 0 aromatic rings. The lowest BCUT2D eigenvalue weighted by Gasteiger charge is -2.18. The largest absolute Gasteiger partial charge is 0.414 e. The van der Waals surface area contributed by atoms with Gasteiger partial charge in [0.05, 0.1) is 6.61 Å². The molecular formula is C10H20F3NO. The van der Waals surface area contributed by atoms with Gasteiger partial charge < -0.3 is 10.1 Å². The summed E-state index contributed by atoms with van der Waals surface area (Å²) in [5.41, 5.74) is 0. The number of hydrogen-bond donors (Lipinski definition) is 1. The molecule has 15 heavy (non-hydrogen) atoms. The molecule has 0 radical (unpaired) electrons. The zero-order valence-corrected chi connectivity index (χ0v) is 9.53. The summed E-state index contributed by atoms with van der Waals surface area (Å²) in [6, 6.07) is 0.370. The number of rotatable bonds is 7. The number of nitrogens with one attached hydrogen (secondary N) is 1. The number of alkyl halides is 3. The summed E-state index contributed by atoms with van der Waals surface area (Å²) in [6.45, 7) is 5.67. The summed E-state index contributed by atoms with van der Waals surface area (Å²) in [6.07, 6.45) is -3.98. The van der Waals surface area contributed by atoms with E-state index < -0.39 is 12.3 Å². The monoisotopic (exact) mass is 227 g/mol. The van der Waals surface area contributed by atoms with Gasteiger partial charge in [-0.25, -0.2) is 0 Å². The summed E-state index contributed by atoms with van der Waals surface area (Å²) in [4.78, 5) is 0. The molecule has 2 nitrogen and oxygen atoms in total. The molecule has 0 aliphatic rings. The molecule has 0 bridgehead atoms. The molecule has 0 fully saturated rings. The minimum Gasteiger partial charge on any atom is -0.368 e. The van der Waals surface area contributed by atoms with E-state index in [4.69, 9.17) is 0 Å². The number of hydrogen-bond acceptors (Lipinski definition) is 2. The Morgan fingerprint density at radius 3 is 2.13 bits per heavy atom. The molecule has 0 saturated carbocycles. The molecular weight excluding hydrogens is 207 g/mol. The molecule has 1 atom stereocenters. The Balaban J connectivity index is 3.54. The first-order chi connectivity index (χ1) is 6.91. The summed E-state index contributed by atoms with van der Waals surface area (Å²) in [5.74, 6) is 0. The van der Waals surface area contributed by atoms with E-state index in [9.17, 15) is 13.2 Å². The second-order valence-corrected chi connectivity index (χ2v) is 3.52. The van der Waals surface area contributed by atoms with Gasteiger partial charge in [0.25, 0.3) is 0 Å². The van der Waals surface area contributed by atoms with Gasteiger partial charge in [-0.05, 0) is 19.8 Å². The van der Waals surface area contributed by atoms with Crippen molar-refractivity contribution in [1.82, 2.24) is 5.32 Å². The second-order valence-electron chi connectivity index (χ2n) is 3.52. The van der Waals surface area contributed by atoms with Gasteiger partial charge in [0.2, 0.25) is 0 Å². The highest BCUT2D eigenvalue weighted by molar-refractivity contribution is 4.64. The van der Waals surface area contributed by atoms with Gasteiger partial charge in [0.15, 0.2) is 6.10 Å². The van der Waals surface area contributed by atoms with E-state index in [1.165, 1.54) is 0 Å². The fraction of sp³-hybridized carbons (Fsp3) is 1.00. The average Bonchev–Trinajstić information content (AvgIpc) is 2.16. The van der Waals surface area contributed by atoms with Crippen molar-refractivity contribution in [2.45, 2.75) is 51.9 Å². The van der Waals surface area contributed by atoms with Gasteiger partial charge >= 0.3 is 6.18 Å². The molecule has 92 valence electrons. The van der Waals surface area contributed by atoms with Crippen LogP contribution in [0.2, 0.25) is 0 Å². The molecule has 0 rings (SSSR count). The highest BCUT2D eigenvalue weighted by Crippen LogP contribution is 2.21. The molecule has 5 heteroatoms. The molecule has 0 amide bonds. The quantitative estimate of drug-likeness (QED) is 0.675. The lowest BCUT2D eigenvalue weighted by molar-refractivity contribution is -0.213. The third-order valence-corrected chi connectivity index (χ3v) is 2.35. The molecule has 0 aromatic heterocycles. The van der Waals surface area contributed by atoms with Gasteiger partial charge in [-0.3, -0.25) is 0 Å². The van der Waals surface area contributed by atoms with Crippen molar-refractivity contribution < 1.29 is 17.9 Å². The summed E-state index contributed by atoms with van der Waals surface area (Å²) >= 11 is 0. The Labute approximate surface area is 89.2 Å². The van der Waals surface area contributed by atoms with E-state index >= 15 is 0 Å². The Morgan fingerprint density at radius 2 is 1.73 bits per heavy atom. The van der Waals surface area contributed by atoms with Gasteiger partial charge in [-0.15, -0.1) is 0 Å². The molecule has 0 spiro atoms. The van der Waals surface area contributed by atoms with Crippen LogP contribution in [0.3, 0.4) is 0 Å². The topological polar surface area (TPSA) is 21.3 Å². The minimum atomic E-state index is -4.26. The van der Waals surface area contributed by atoms with E-state index in [0.717, 1.165) is 19.8 Å². The van der Waals surface area contributed by atoms with Crippen LogP contribution in [-0.4, -0.2) is 31.5 Å². The van der Waals surface area contributed by atoms with Crippen molar-refractivity contribution in [3.8, 4) is 0 Å². The van der Waals surface area contributed by atoms with Crippen LogP contribution >= 0.6 is 0 Å². The summed E-state index contributed by atoms with van der Waals surface area (Å²) < 4.78 is 40.7. The van der Waals surface area contributed by atoms with E-state index in [2.05, 4.69) is 10.1 Å². The molecule has 1 N–H and O–H groups in total. The van der Waals surface area contributed by atoms with Crippen molar-refractivity contribution in [3.05, 3.63) is 0 Å². The standard InChI is InChI=1S/C10H20F3NO/c1-4-9(5-2)14-6-7-15-8(3)10(11,12)13/h8-9,14H,4-7H2,1-3H3. The fourth-order valence-electron chi connectivity index (χ4n) is 1.17. The maximum atomic E-state index is 12.0. The average molecular weight is 227 g/mol. The molecule has 0 aliphatic carbocycles. The van der Waals surface area contributed by atoms with Crippen molar-refractivity contribution in [2.24, 2.45) is 0 Å². The second kappa shape index (κ2) is 7.06. The van der Waals surface area contributed by atoms with E-state index in [1.807, 2.05) is 13.8 Å². The van der Waals surface area contributed by atoms with Crippen molar-refractivity contribution in [1.29, 1.82) is 0 Å². The van der Waals surface area contributed by atoms with Crippen molar-refractivity contribution in [2.75, 3.05) is 13.2 Å². The molecule has 0 heterocycles. The van der Waals surface area contributed by atoms with E-state index in [-0.39, 0.29) is 6.61 Å². The zero-order chi connectivity index (χ0) is 11.9. The van der Waals surface area contributed by atoms with Gasteiger partial charge in [-0.1, -0.05) is 13.8 Å². The van der Waals surface area contributed by atoms with Gasteiger partial charge in [0.1, 0.15) is 0 Å². The predicted octanol–water partition coefficient (Wildman–Crippen LogP) is 2.73. The molecule has 0 saturated heterocycles. The van der Waals surface area contributed by atoms with Crippen LogP contribution in [0.1, 0.15) is 33.6 Å². The first kappa shape index (κ1) is 14.7. The maximum Gasteiger partial charge on any atom is 0.414 e. The first-order valence-corrected chi connectivity index (χ1v) is 5.33. The Kier molecular flexibility index (Phi) is 6.92. The Hall–Kier alpha value is -0.290. The SMILES string of the molecule is CCC(CC)NCCOC(C)C(F)(F)F. The first-order valence-electron chi connectivity index (χ1n) is 5.33. The van der Waals surface area contributed by atoms with Crippen LogP contribution in [0.5, 0.6) is 0 Å². The van der Waals surface area contributed by atoms with Gasteiger partial charge in [0, 0.05) is 12.6 Å². The van der Waals surface area contributed by atoms with Crippen LogP contribution in [0.25, 0.3) is 0 Å². The van der Waals surface area contributed by atoms with Crippen LogP contribution < -0.4 is 5.32 Å². The van der Waals surface area contributed by atoms with Crippen LogP contribution in [0, 0.1) is 0 Å². The van der Waals surface area contributed by atoms with Crippen LogP contribution in [0.15, 0.2) is 0 Å². The molecule has 1 unspecified atom stereocenters. The van der Waals surface area contributed by atoms with Crippen LogP contribution in [0.4, 0.5) is 13.2 Å². The highest BCUT2D eigenvalue weighted by atomic mass is 19.4. The van der Waals surface area contributed by atoms with Crippen LogP contribution in [-0.2, 0) is 4.74 Å². The predicted molar refractivity (Wildman–Crippen MR) is 53.8 cm³/mol. The van der Waals surface area contributed by atoms with Gasteiger partial charge in [-0.2, -0.15) is 13.2 Å². The number of halogens is 3. The fourth-order valence-corrected chi connectivity index (χ4v) is 1.17. The highest BCUT2D eigenvalue weighted by Gasteiger charge is 2.36. The lowest BCUT2D eigenvalue weighted by Crippen LogP contribution is -2.34. The van der Waals surface area contributed by atoms with Crippen molar-refractivity contribution in [3.63, 3.8) is 0 Å². The molecule has 0 aliphatic heterocycles. The zero-order valence-electron chi connectivity index (χ0n) is 9.53. The Bertz CT molecular complexity index is 157. The third-order valence-electron chi connectivity index (χ3n) is 2.35. The van der Waals surface area contributed by atoms with Crippen molar-refractivity contribution >= 4 is 0 Å². The summed E-state index contributed by atoms with van der Waals surface area (Å²) in [5, 5.41) is 3.13. The van der Waals surface area contributed by atoms with E-state index in [1.54, 1.807) is 0 Å². The minimum absolute atomic E-state index is 0.0944. The smallest absolute Gasteiger partial charge is 0.368 e. The normalized spacial score (nSPS) is 14.6. The third kappa shape index (κ3) is 6.73. The summed E-state index contributed by atoms with van der Waals surface area (Å²) in [7, 11) is 0. The van der Waals surface area contributed by atoms with E-state index in [0.29, 0.717) is 12.6 Å². The lowest BCUT2D eigenvalue weighted by atomic mass is 10.2. The number of ether oxygens (including phenoxy) is 1. The maximum absolute atomic E-state index is 12.0. The Morgan fingerprint density at radius 1 is 1.20 bits per heavy atom.